The summed E-state index contributed by atoms with van der Waals surface area (Å²) < 4.78 is 13.4. The van der Waals surface area contributed by atoms with Crippen LogP contribution < -0.4 is 11.5 Å². The maximum absolute atomic E-state index is 11.4. The molecule has 3 aromatic rings. The summed E-state index contributed by atoms with van der Waals surface area (Å²) in [5, 5.41) is 1.05. The van der Waals surface area contributed by atoms with E-state index in [0.29, 0.717) is 38.5 Å². The predicted molar refractivity (Wildman–Crippen MR) is 120 cm³/mol. The Morgan fingerprint density at radius 1 is 1.29 bits per heavy atom. The Morgan fingerprint density at radius 2 is 2.13 bits per heavy atom. The van der Waals surface area contributed by atoms with E-state index in [1.807, 2.05) is 18.2 Å². The van der Waals surface area contributed by atoms with E-state index in [1.165, 1.54) is 0 Å². The molecule has 1 unspecified atom stereocenters. The zero-order chi connectivity index (χ0) is 21.8. The van der Waals surface area contributed by atoms with Gasteiger partial charge in [0.15, 0.2) is 5.82 Å². The highest BCUT2D eigenvalue weighted by Crippen LogP contribution is 2.29. The van der Waals surface area contributed by atoms with Gasteiger partial charge in [0.25, 0.3) is 0 Å². The van der Waals surface area contributed by atoms with Crippen LogP contribution in [0.2, 0.25) is 0 Å². The first-order chi connectivity index (χ1) is 15.1. The summed E-state index contributed by atoms with van der Waals surface area (Å²) in [5.74, 6) is 1.41. The predicted octanol–water partition coefficient (Wildman–Crippen LogP) is 2.31. The smallest absolute Gasteiger partial charge is 0.314 e. The first-order valence-electron chi connectivity index (χ1n) is 10.8. The van der Waals surface area contributed by atoms with Crippen LogP contribution >= 0.6 is 0 Å². The van der Waals surface area contributed by atoms with E-state index < -0.39 is 0 Å². The average molecular weight is 427 g/mol. The van der Waals surface area contributed by atoms with Crippen molar-refractivity contribution in [2.75, 3.05) is 39.1 Å². The van der Waals surface area contributed by atoms with Crippen molar-refractivity contribution < 1.29 is 14.3 Å². The lowest BCUT2D eigenvalue weighted by molar-refractivity contribution is -0.0178. The van der Waals surface area contributed by atoms with Crippen molar-refractivity contribution in [1.82, 2.24) is 19.4 Å². The molecule has 4 N–H and O–H groups in total. The van der Waals surface area contributed by atoms with Crippen LogP contribution in [0.4, 0.5) is 10.6 Å². The Balaban J connectivity index is 1.52. The number of carbonyl (C=O) groups excluding carboxylic acids is 1. The highest BCUT2D eigenvalue weighted by atomic mass is 16.5. The van der Waals surface area contributed by atoms with Crippen molar-refractivity contribution >= 4 is 33.8 Å². The van der Waals surface area contributed by atoms with E-state index in [9.17, 15) is 4.79 Å². The number of unbranched alkanes of at least 4 members (excludes halogenated alkanes) is 1. The van der Waals surface area contributed by atoms with Gasteiger partial charge < -0.3 is 30.4 Å². The first-order valence-corrected chi connectivity index (χ1v) is 10.8. The Morgan fingerprint density at radius 3 is 2.94 bits per heavy atom. The second kappa shape index (κ2) is 9.49. The van der Waals surface area contributed by atoms with Gasteiger partial charge in [0.2, 0.25) is 0 Å². The molecule has 2 amide bonds. The van der Waals surface area contributed by atoms with Crippen LogP contribution in [0.1, 0.15) is 25.1 Å². The normalized spacial score (nSPS) is 16.9. The second-order valence-electron chi connectivity index (χ2n) is 7.91. The number of imidazole rings is 1. The number of hydrogen-bond donors (Lipinski definition) is 2. The van der Waals surface area contributed by atoms with Crippen molar-refractivity contribution in [1.29, 1.82) is 0 Å². The maximum Gasteiger partial charge on any atom is 0.314 e. The number of aromatic nitrogens is 3. The van der Waals surface area contributed by atoms with Gasteiger partial charge in [0, 0.05) is 38.6 Å². The number of rotatable bonds is 8. The van der Waals surface area contributed by atoms with Gasteiger partial charge >= 0.3 is 6.03 Å². The first kappa shape index (κ1) is 21.3. The van der Waals surface area contributed by atoms with Crippen molar-refractivity contribution in [3.8, 4) is 0 Å². The number of methoxy groups -OCH3 is 1. The molecular weight excluding hydrogens is 396 g/mol. The summed E-state index contributed by atoms with van der Waals surface area (Å²) in [7, 11) is 1.69. The minimum absolute atomic E-state index is 0.0365. The van der Waals surface area contributed by atoms with Gasteiger partial charge in [-0.1, -0.05) is 18.2 Å². The zero-order valence-electron chi connectivity index (χ0n) is 17.9. The van der Waals surface area contributed by atoms with Crippen molar-refractivity contribution in [2.45, 2.75) is 38.3 Å². The van der Waals surface area contributed by atoms with Gasteiger partial charge in [0.1, 0.15) is 11.3 Å². The molecule has 0 bridgehead atoms. The molecule has 1 aromatic carbocycles. The van der Waals surface area contributed by atoms with E-state index in [2.05, 4.69) is 15.6 Å². The number of nitrogens with two attached hydrogens (primary N) is 2. The molecule has 0 saturated carbocycles. The van der Waals surface area contributed by atoms with E-state index in [-0.39, 0.29) is 12.1 Å². The lowest BCUT2D eigenvalue weighted by Gasteiger charge is -2.31. The Bertz CT molecular complexity index is 1070. The third-order valence-corrected chi connectivity index (χ3v) is 5.83. The number of nitrogen functional groups attached to an aromatic ring is 1. The summed E-state index contributed by atoms with van der Waals surface area (Å²) >= 11 is 0. The van der Waals surface area contributed by atoms with Crippen molar-refractivity contribution in [3.63, 3.8) is 0 Å². The molecule has 9 heteroatoms. The molecule has 31 heavy (non-hydrogen) atoms. The molecule has 1 saturated heterocycles. The fourth-order valence-electron chi connectivity index (χ4n) is 4.27. The molecule has 2 aromatic heterocycles. The summed E-state index contributed by atoms with van der Waals surface area (Å²) in [5.41, 5.74) is 14.3. The highest BCUT2D eigenvalue weighted by Gasteiger charge is 2.22. The van der Waals surface area contributed by atoms with Gasteiger partial charge in [-0.2, -0.15) is 0 Å². The van der Waals surface area contributed by atoms with E-state index in [1.54, 1.807) is 12.0 Å². The largest absolute Gasteiger partial charge is 0.384 e. The third-order valence-electron chi connectivity index (χ3n) is 5.83. The number of para-hydroxylation sites is 1. The second-order valence-corrected chi connectivity index (χ2v) is 7.91. The number of morpholine rings is 1. The van der Waals surface area contributed by atoms with Crippen molar-refractivity contribution in [2.24, 2.45) is 5.73 Å². The molecule has 1 aliphatic rings. The number of hydrogen-bond acceptors (Lipinski definition) is 6. The molecule has 1 fully saturated rings. The van der Waals surface area contributed by atoms with Crippen LogP contribution in [-0.4, -0.2) is 65.0 Å². The molecule has 0 radical (unpaired) electrons. The van der Waals surface area contributed by atoms with Gasteiger partial charge in [-0.05, 0) is 25.3 Å². The minimum atomic E-state index is -0.376. The number of carbonyl (C=O) groups is 1. The fraction of sp³-hybridized carbons (Fsp3) is 0.500. The number of amides is 2. The Hall–Kier alpha value is -2.91. The van der Waals surface area contributed by atoms with Crippen molar-refractivity contribution in [3.05, 3.63) is 30.1 Å². The topological polar surface area (TPSA) is 122 Å². The Labute approximate surface area is 181 Å². The maximum atomic E-state index is 11.4. The lowest BCUT2D eigenvalue weighted by atomic mass is 10.1. The highest BCUT2D eigenvalue weighted by molar-refractivity contribution is 6.06. The SMILES string of the molecule is COCCc1nc2c(N)nc3ccccc3c2n1CCCCC1CN(C(N)=O)CCO1. The molecule has 1 atom stereocenters. The molecule has 3 heterocycles. The molecule has 166 valence electrons. The summed E-state index contributed by atoms with van der Waals surface area (Å²) in [6, 6.07) is 7.64. The number of nitrogens with zero attached hydrogens (tertiary/aromatic N) is 4. The average Bonchev–Trinajstić information content (AvgIpc) is 3.15. The van der Waals surface area contributed by atoms with Gasteiger partial charge in [-0.15, -0.1) is 0 Å². The number of aryl methyl sites for hydroxylation is 1. The van der Waals surface area contributed by atoms with Gasteiger partial charge in [-0.25, -0.2) is 14.8 Å². The standard InChI is InChI=1S/C22H30N6O3/c1-30-12-9-18-26-19-20(16-7-2-3-8-17(16)25-21(19)23)28(18)10-5-4-6-15-14-27(22(24)29)11-13-31-15/h2-3,7-8,15H,4-6,9-14H2,1H3,(H2,23,25)(H2,24,29). The molecule has 9 nitrogen and oxygen atoms in total. The van der Waals surface area contributed by atoms with Crippen LogP contribution in [0.25, 0.3) is 21.9 Å². The minimum Gasteiger partial charge on any atom is -0.384 e. The van der Waals surface area contributed by atoms with Crippen LogP contribution in [0.3, 0.4) is 0 Å². The number of benzene rings is 1. The monoisotopic (exact) mass is 426 g/mol. The lowest BCUT2D eigenvalue weighted by Crippen LogP contribution is -2.47. The molecule has 4 rings (SSSR count). The number of primary amides is 1. The molecule has 1 aliphatic heterocycles. The summed E-state index contributed by atoms with van der Waals surface area (Å²) in [6.45, 7) is 3.08. The molecular formula is C22H30N6O3. The summed E-state index contributed by atoms with van der Waals surface area (Å²) in [4.78, 5) is 22.4. The fourth-order valence-corrected chi connectivity index (χ4v) is 4.27. The van der Waals surface area contributed by atoms with E-state index >= 15 is 0 Å². The van der Waals surface area contributed by atoms with Crippen LogP contribution in [0.5, 0.6) is 0 Å². The van der Waals surface area contributed by atoms with Gasteiger partial charge in [-0.3, -0.25) is 0 Å². The van der Waals surface area contributed by atoms with Crippen LogP contribution in [0, 0.1) is 0 Å². The summed E-state index contributed by atoms with van der Waals surface area (Å²) in [6.07, 6.45) is 3.55. The molecule has 0 aliphatic carbocycles. The van der Waals surface area contributed by atoms with Gasteiger partial charge in [0.05, 0.1) is 30.4 Å². The number of fused-ring (bicyclic) bond motifs is 3. The Kier molecular flexibility index (Phi) is 6.53. The van der Waals surface area contributed by atoms with E-state index in [4.69, 9.17) is 25.9 Å². The van der Waals surface area contributed by atoms with E-state index in [0.717, 1.165) is 53.6 Å². The molecule has 0 spiro atoms. The van der Waals surface area contributed by atoms with Crippen LogP contribution in [0.15, 0.2) is 24.3 Å². The number of pyridine rings is 1. The third kappa shape index (κ3) is 4.57. The number of urea groups is 1. The quantitative estimate of drug-likeness (QED) is 0.533. The number of ether oxygens (including phenoxy) is 2. The van der Waals surface area contributed by atoms with Crippen LogP contribution in [-0.2, 0) is 22.4 Å². The number of anilines is 1. The zero-order valence-corrected chi connectivity index (χ0v) is 17.9.